The van der Waals surface area contributed by atoms with E-state index in [-0.39, 0.29) is 5.91 Å². The van der Waals surface area contributed by atoms with Gasteiger partial charge in [0.1, 0.15) is 5.69 Å². The lowest BCUT2D eigenvalue weighted by Gasteiger charge is -2.04. The molecule has 2 aromatic heterocycles. The zero-order chi connectivity index (χ0) is 13.7. The fraction of sp³-hybridized carbons (Fsp3) is 0.250. The van der Waals surface area contributed by atoms with Crippen LogP contribution in [-0.4, -0.2) is 27.2 Å². The highest BCUT2D eigenvalue weighted by Gasteiger charge is 2.06. The number of carbonyl (C=O) groups is 1. The molecule has 7 nitrogen and oxygen atoms in total. The summed E-state index contributed by atoms with van der Waals surface area (Å²) < 4.78 is 1.73. The second-order valence-corrected chi connectivity index (χ2v) is 4.06. The van der Waals surface area contributed by atoms with Crippen molar-refractivity contribution in [1.29, 1.82) is 0 Å². The normalized spacial score (nSPS) is 10.2. The number of hydrogen-bond acceptors (Lipinski definition) is 5. The van der Waals surface area contributed by atoms with E-state index < -0.39 is 0 Å². The molecule has 0 saturated carbocycles. The van der Waals surface area contributed by atoms with E-state index in [1.165, 1.54) is 6.20 Å². The van der Waals surface area contributed by atoms with Crippen LogP contribution in [0.3, 0.4) is 0 Å². The molecule has 4 N–H and O–H groups in total. The highest BCUT2D eigenvalue weighted by molar-refractivity contribution is 5.92. The van der Waals surface area contributed by atoms with Crippen LogP contribution in [0.1, 0.15) is 16.2 Å². The molecular formula is C12H16N6O. The van der Waals surface area contributed by atoms with E-state index in [4.69, 9.17) is 5.84 Å². The summed E-state index contributed by atoms with van der Waals surface area (Å²) in [6, 6.07) is 5.23. The minimum atomic E-state index is -0.209. The third-order valence-corrected chi connectivity index (χ3v) is 2.60. The Bertz CT molecular complexity index is 548. The molecule has 0 bridgehead atoms. The van der Waals surface area contributed by atoms with Gasteiger partial charge in [-0.25, -0.2) is 4.98 Å². The van der Waals surface area contributed by atoms with Crippen LogP contribution < -0.4 is 16.6 Å². The summed E-state index contributed by atoms with van der Waals surface area (Å²) in [6.07, 6.45) is 4.07. The Labute approximate surface area is 110 Å². The van der Waals surface area contributed by atoms with Crippen molar-refractivity contribution in [2.45, 2.75) is 6.42 Å². The number of nitrogens with zero attached hydrogens (tertiary/aromatic N) is 3. The maximum atomic E-state index is 11.8. The highest BCUT2D eigenvalue weighted by Crippen LogP contribution is 2.03. The minimum absolute atomic E-state index is 0.209. The summed E-state index contributed by atoms with van der Waals surface area (Å²) in [5.74, 6) is 5.01. The van der Waals surface area contributed by atoms with Gasteiger partial charge in [0.2, 0.25) is 0 Å². The van der Waals surface area contributed by atoms with E-state index in [1.807, 2.05) is 19.3 Å². The second kappa shape index (κ2) is 5.96. The number of amides is 1. The van der Waals surface area contributed by atoms with Gasteiger partial charge in [0, 0.05) is 26.2 Å². The predicted molar refractivity (Wildman–Crippen MR) is 71.3 cm³/mol. The van der Waals surface area contributed by atoms with E-state index >= 15 is 0 Å². The van der Waals surface area contributed by atoms with E-state index in [0.717, 1.165) is 5.69 Å². The fourth-order valence-corrected chi connectivity index (χ4v) is 1.60. The Balaban J connectivity index is 1.83. The van der Waals surface area contributed by atoms with E-state index in [0.29, 0.717) is 24.3 Å². The molecule has 0 radical (unpaired) electrons. The van der Waals surface area contributed by atoms with Crippen molar-refractivity contribution in [2.24, 2.45) is 12.9 Å². The van der Waals surface area contributed by atoms with Gasteiger partial charge in [0.05, 0.1) is 17.6 Å². The first-order valence-electron chi connectivity index (χ1n) is 5.88. The SMILES string of the molecule is Cn1ccc(CCNC(=O)c2ccc(NN)cn2)n1. The Morgan fingerprint density at radius 1 is 1.42 bits per heavy atom. The van der Waals surface area contributed by atoms with Crippen LogP contribution in [0.15, 0.2) is 30.6 Å². The molecule has 7 heteroatoms. The van der Waals surface area contributed by atoms with E-state index in [2.05, 4.69) is 20.8 Å². The quantitative estimate of drug-likeness (QED) is 0.522. The molecular weight excluding hydrogens is 244 g/mol. The Kier molecular flexibility index (Phi) is 4.09. The molecule has 0 aromatic carbocycles. The molecule has 2 aromatic rings. The lowest BCUT2D eigenvalue weighted by molar-refractivity contribution is 0.0949. The van der Waals surface area contributed by atoms with Crippen molar-refractivity contribution < 1.29 is 4.79 Å². The van der Waals surface area contributed by atoms with Crippen LogP contribution in [0.2, 0.25) is 0 Å². The molecule has 0 spiro atoms. The standard InChI is InChI=1S/C12H16N6O/c1-18-7-5-9(17-18)4-6-14-12(19)11-3-2-10(16-13)8-15-11/h2-3,5,7-8,16H,4,6,13H2,1H3,(H,14,19). The van der Waals surface area contributed by atoms with Crippen LogP contribution in [0.25, 0.3) is 0 Å². The summed E-state index contributed by atoms with van der Waals surface area (Å²) in [5.41, 5.74) is 4.42. The lowest BCUT2D eigenvalue weighted by Crippen LogP contribution is -2.26. The van der Waals surface area contributed by atoms with Crippen molar-refractivity contribution in [1.82, 2.24) is 20.1 Å². The predicted octanol–water partition coefficient (Wildman–Crippen LogP) is 0.0732. The molecule has 0 saturated heterocycles. The summed E-state index contributed by atoms with van der Waals surface area (Å²) >= 11 is 0. The second-order valence-electron chi connectivity index (χ2n) is 4.06. The van der Waals surface area contributed by atoms with Gasteiger partial charge in [-0.3, -0.25) is 15.3 Å². The first-order chi connectivity index (χ1) is 9.19. The van der Waals surface area contributed by atoms with E-state index in [9.17, 15) is 4.79 Å². The van der Waals surface area contributed by atoms with Gasteiger partial charge in [-0.15, -0.1) is 0 Å². The number of pyridine rings is 1. The van der Waals surface area contributed by atoms with Crippen LogP contribution in [0, 0.1) is 0 Å². The minimum Gasteiger partial charge on any atom is -0.350 e. The number of rotatable bonds is 5. The first kappa shape index (κ1) is 13.0. The summed E-state index contributed by atoms with van der Waals surface area (Å²) in [5, 5.41) is 7.02. The monoisotopic (exact) mass is 260 g/mol. The van der Waals surface area contributed by atoms with Crippen LogP contribution in [0.5, 0.6) is 0 Å². The first-order valence-corrected chi connectivity index (χ1v) is 5.88. The highest BCUT2D eigenvalue weighted by atomic mass is 16.1. The number of hydrogen-bond donors (Lipinski definition) is 3. The lowest BCUT2D eigenvalue weighted by atomic mass is 10.3. The number of aryl methyl sites for hydroxylation is 1. The number of carbonyl (C=O) groups excluding carboxylic acids is 1. The third kappa shape index (κ3) is 3.52. The van der Waals surface area contributed by atoms with Crippen molar-refractivity contribution in [2.75, 3.05) is 12.0 Å². The number of hydrazine groups is 1. The van der Waals surface area contributed by atoms with Gasteiger partial charge in [-0.2, -0.15) is 5.10 Å². The number of nitrogens with one attached hydrogen (secondary N) is 2. The van der Waals surface area contributed by atoms with E-state index in [1.54, 1.807) is 16.8 Å². The molecule has 0 aliphatic heterocycles. The number of nitrogen functional groups attached to an aromatic ring is 1. The van der Waals surface area contributed by atoms with Crippen molar-refractivity contribution in [3.05, 3.63) is 42.0 Å². The van der Waals surface area contributed by atoms with Gasteiger partial charge in [-0.05, 0) is 18.2 Å². The Morgan fingerprint density at radius 2 is 2.26 bits per heavy atom. The molecule has 0 fully saturated rings. The largest absolute Gasteiger partial charge is 0.350 e. The number of aromatic nitrogens is 3. The summed E-state index contributed by atoms with van der Waals surface area (Å²) in [7, 11) is 1.86. The van der Waals surface area contributed by atoms with Crippen LogP contribution in [0.4, 0.5) is 5.69 Å². The zero-order valence-electron chi connectivity index (χ0n) is 10.6. The zero-order valence-corrected chi connectivity index (χ0v) is 10.6. The van der Waals surface area contributed by atoms with Crippen molar-refractivity contribution >= 4 is 11.6 Å². The summed E-state index contributed by atoms with van der Waals surface area (Å²) in [4.78, 5) is 15.8. The number of anilines is 1. The summed E-state index contributed by atoms with van der Waals surface area (Å²) in [6.45, 7) is 0.522. The molecule has 100 valence electrons. The van der Waals surface area contributed by atoms with Gasteiger partial charge >= 0.3 is 0 Å². The molecule has 2 rings (SSSR count). The van der Waals surface area contributed by atoms with Crippen molar-refractivity contribution in [3.63, 3.8) is 0 Å². The maximum absolute atomic E-state index is 11.8. The third-order valence-electron chi connectivity index (χ3n) is 2.60. The topological polar surface area (TPSA) is 97.9 Å². The van der Waals surface area contributed by atoms with Crippen LogP contribution in [-0.2, 0) is 13.5 Å². The van der Waals surface area contributed by atoms with Crippen molar-refractivity contribution in [3.8, 4) is 0 Å². The smallest absolute Gasteiger partial charge is 0.269 e. The molecule has 0 aliphatic carbocycles. The maximum Gasteiger partial charge on any atom is 0.269 e. The van der Waals surface area contributed by atoms with Gasteiger partial charge in [-0.1, -0.05) is 0 Å². The number of nitrogens with two attached hydrogens (primary N) is 1. The molecule has 2 heterocycles. The Hall–Kier alpha value is -2.41. The molecule has 0 aliphatic rings. The molecule has 19 heavy (non-hydrogen) atoms. The van der Waals surface area contributed by atoms with Gasteiger partial charge < -0.3 is 10.7 Å². The fourth-order valence-electron chi connectivity index (χ4n) is 1.60. The average molecular weight is 260 g/mol. The Morgan fingerprint density at radius 3 is 2.84 bits per heavy atom. The molecule has 0 unspecified atom stereocenters. The average Bonchev–Trinajstić information content (AvgIpc) is 2.84. The molecule has 1 amide bonds. The van der Waals surface area contributed by atoms with Gasteiger partial charge in [0.25, 0.3) is 5.91 Å². The van der Waals surface area contributed by atoms with Crippen LogP contribution >= 0.6 is 0 Å². The molecule has 0 atom stereocenters. The van der Waals surface area contributed by atoms with Gasteiger partial charge in [0.15, 0.2) is 0 Å².